The molecule has 0 spiro atoms. The van der Waals surface area contributed by atoms with Crippen LogP contribution in [0.1, 0.15) is 27.2 Å². The van der Waals surface area contributed by atoms with E-state index >= 15 is 0 Å². The Morgan fingerprint density at radius 2 is 2.12 bits per heavy atom. The summed E-state index contributed by atoms with van der Waals surface area (Å²) < 4.78 is 0. The average Bonchev–Trinajstić information content (AvgIpc) is 2.50. The molecular weight excluding hydrogens is 198 g/mol. The van der Waals surface area contributed by atoms with Gasteiger partial charge in [0.25, 0.3) is 0 Å². The molecule has 0 bridgehead atoms. The number of aldehydes is 1. The zero-order valence-corrected chi connectivity index (χ0v) is 10.8. The highest BCUT2D eigenvalue weighted by Crippen LogP contribution is 2.18. The standard InChI is InChI=1S/C12H17NO.C2H6/c1-10-4-3-5-11(6-7-13-2)12(8-10)9-14;1-2/h3-5,8-10,13H,6-7H2,1-2H3;1-2H3. The molecule has 2 heteroatoms. The van der Waals surface area contributed by atoms with Crippen molar-refractivity contribution in [3.05, 3.63) is 35.5 Å². The van der Waals surface area contributed by atoms with Crippen LogP contribution in [0, 0.1) is 5.92 Å². The summed E-state index contributed by atoms with van der Waals surface area (Å²) in [4.78, 5) is 10.9. The third-order valence-electron chi connectivity index (χ3n) is 2.30. The van der Waals surface area contributed by atoms with Gasteiger partial charge < -0.3 is 5.32 Å². The normalized spacial score (nSPS) is 18.9. The summed E-state index contributed by atoms with van der Waals surface area (Å²) in [6.07, 6.45) is 10.0. The van der Waals surface area contributed by atoms with Gasteiger partial charge in [-0.3, -0.25) is 4.79 Å². The molecule has 1 N–H and O–H groups in total. The second kappa shape index (κ2) is 9.10. The van der Waals surface area contributed by atoms with Crippen LogP contribution in [0.25, 0.3) is 0 Å². The molecule has 0 heterocycles. The first-order valence-electron chi connectivity index (χ1n) is 5.97. The van der Waals surface area contributed by atoms with Crippen molar-refractivity contribution in [1.82, 2.24) is 5.32 Å². The van der Waals surface area contributed by atoms with Crippen molar-refractivity contribution in [2.24, 2.45) is 5.92 Å². The Kier molecular flexibility index (Phi) is 8.45. The van der Waals surface area contributed by atoms with Gasteiger partial charge in [-0.1, -0.05) is 45.1 Å². The van der Waals surface area contributed by atoms with E-state index in [-0.39, 0.29) is 0 Å². The van der Waals surface area contributed by atoms with Crippen molar-refractivity contribution in [2.75, 3.05) is 13.6 Å². The van der Waals surface area contributed by atoms with Gasteiger partial charge in [0.1, 0.15) is 6.29 Å². The molecule has 1 aliphatic carbocycles. The summed E-state index contributed by atoms with van der Waals surface area (Å²) in [5, 5.41) is 3.08. The lowest BCUT2D eigenvalue weighted by molar-refractivity contribution is -0.104. The molecule has 2 nitrogen and oxygen atoms in total. The lowest BCUT2D eigenvalue weighted by Crippen LogP contribution is -2.09. The maximum Gasteiger partial charge on any atom is 0.150 e. The molecule has 0 saturated carbocycles. The number of hydrogen-bond acceptors (Lipinski definition) is 2. The molecule has 1 atom stereocenters. The van der Waals surface area contributed by atoms with Gasteiger partial charge in [-0.25, -0.2) is 0 Å². The molecule has 0 aromatic carbocycles. The van der Waals surface area contributed by atoms with Gasteiger partial charge in [0.15, 0.2) is 0 Å². The van der Waals surface area contributed by atoms with Gasteiger partial charge in [0.2, 0.25) is 0 Å². The van der Waals surface area contributed by atoms with E-state index in [0.717, 1.165) is 30.4 Å². The predicted molar refractivity (Wildman–Crippen MR) is 70.4 cm³/mol. The van der Waals surface area contributed by atoms with Crippen LogP contribution in [0.2, 0.25) is 0 Å². The smallest absolute Gasteiger partial charge is 0.150 e. The van der Waals surface area contributed by atoms with Gasteiger partial charge in [-0.05, 0) is 31.5 Å². The predicted octanol–water partition coefficient (Wildman–Crippen LogP) is 2.88. The quantitative estimate of drug-likeness (QED) is 0.740. The highest BCUT2D eigenvalue weighted by molar-refractivity contribution is 5.80. The Morgan fingerprint density at radius 1 is 1.44 bits per heavy atom. The van der Waals surface area contributed by atoms with E-state index in [1.165, 1.54) is 0 Å². The minimum atomic E-state index is 0.346. The summed E-state index contributed by atoms with van der Waals surface area (Å²) in [5.41, 5.74) is 1.95. The monoisotopic (exact) mass is 221 g/mol. The highest BCUT2D eigenvalue weighted by Gasteiger charge is 2.07. The van der Waals surface area contributed by atoms with E-state index in [9.17, 15) is 4.79 Å². The highest BCUT2D eigenvalue weighted by atomic mass is 16.1. The Morgan fingerprint density at radius 3 is 2.69 bits per heavy atom. The van der Waals surface area contributed by atoms with Crippen LogP contribution >= 0.6 is 0 Å². The van der Waals surface area contributed by atoms with Crippen LogP contribution in [-0.4, -0.2) is 19.9 Å². The molecule has 1 rings (SSSR count). The number of rotatable bonds is 4. The van der Waals surface area contributed by atoms with Crippen molar-refractivity contribution in [3.63, 3.8) is 0 Å². The van der Waals surface area contributed by atoms with E-state index in [1.54, 1.807) is 0 Å². The van der Waals surface area contributed by atoms with Crippen molar-refractivity contribution < 1.29 is 4.79 Å². The van der Waals surface area contributed by atoms with E-state index < -0.39 is 0 Å². The third-order valence-corrected chi connectivity index (χ3v) is 2.30. The van der Waals surface area contributed by atoms with Crippen LogP contribution in [0.15, 0.2) is 35.5 Å². The van der Waals surface area contributed by atoms with E-state index in [0.29, 0.717) is 5.92 Å². The summed E-state index contributed by atoms with van der Waals surface area (Å²) in [7, 11) is 1.92. The number of allylic oxidation sites excluding steroid dienone is 5. The number of carbonyl (C=O) groups is 1. The molecule has 0 fully saturated rings. The molecule has 16 heavy (non-hydrogen) atoms. The fourth-order valence-electron chi connectivity index (χ4n) is 1.49. The minimum absolute atomic E-state index is 0.346. The first-order valence-corrected chi connectivity index (χ1v) is 5.97. The zero-order valence-electron chi connectivity index (χ0n) is 10.8. The van der Waals surface area contributed by atoms with Crippen LogP contribution < -0.4 is 5.32 Å². The zero-order chi connectivity index (χ0) is 12.4. The summed E-state index contributed by atoms with van der Waals surface area (Å²) >= 11 is 0. The van der Waals surface area contributed by atoms with Gasteiger partial charge in [0, 0.05) is 5.57 Å². The lowest BCUT2D eigenvalue weighted by atomic mass is 10.0. The van der Waals surface area contributed by atoms with E-state index in [1.807, 2.05) is 39.1 Å². The molecule has 0 aromatic heterocycles. The van der Waals surface area contributed by atoms with Crippen LogP contribution in [0.3, 0.4) is 0 Å². The Balaban J connectivity index is 0.00000106. The van der Waals surface area contributed by atoms with Gasteiger partial charge >= 0.3 is 0 Å². The first kappa shape index (κ1) is 14.8. The molecule has 0 amide bonds. The van der Waals surface area contributed by atoms with Crippen molar-refractivity contribution >= 4 is 6.29 Å². The third kappa shape index (κ3) is 5.08. The van der Waals surface area contributed by atoms with Crippen LogP contribution in [0.5, 0.6) is 0 Å². The van der Waals surface area contributed by atoms with Gasteiger partial charge in [-0.2, -0.15) is 0 Å². The maximum absolute atomic E-state index is 10.9. The molecule has 1 unspecified atom stereocenters. The molecule has 0 radical (unpaired) electrons. The largest absolute Gasteiger partial charge is 0.319 e. The Bertz CT molecular complexity index is 287. The molecular formula is C14H23NO. The Labute approximate surface area is 99.1 Å². The molecule has 0 saturated heterocycles. The van der Waals surface area contributed by atoms with E-state index in [2.05, 4.69) is 18.3 Å². The van der Waals surface area contributed by atoms with E-state index in [4.69, 9.17) is 0 Å². The number of hydrogen-bond donors (Lipinski definition) is 1. The van der Waals surface area contributed by atoms with Crippen molar-refractivity contribution in [3.8, 4) is 0 Å². The second-order valence-corrected chi connectivity index (χ2v) is 3.53. The molecule has 1 aliphatic rings. The van der Waals surface area contributed by atoms with Gasteiger partial charge in [0.05, 0.1) is 0 Å². The molecule has 0 aromatic rings. The fraction of sp³-hybridized carbons (Fsp3) is 0.500. The first-order chi connectivity index (χ1) is 7.77. The topological polar surface area (TPSA) is 29.1 Å². The summed E-state index contributed by atoms with van der Waals surface area (Å²) in [5.74, 6) is 0.346. The fourth-order valence-corrected chi connectivity index (χ4v) is 1.49. The maximum atomic E-state index is 10.9. The average molecular weight is 221 g/mol. The van der Waals surface area contributed by atoms with Crippen LogP contribution in [0.4, 0.5) is 0 Å². The number of carbonyl (C=O) groups excluding carboxylic acids is 1. The Hall–Kier alpha value is -1.15. The lowest BCUT2D eigenvalue weighted by Gasteiger charge is -2.05. The molecule has 90 valence electrons. The summed E-state index contributed by atoms with van der Waals surface area (Å²) in [6, 6.07) is 0. The molecule has 0 aliphatic heterocycles. The SMILES string of the molecule is CC.CNCCC1=CC=CC(C)C=C1C=O. The second-order valence-electron chi connectivity index (χ2n) is 3.53. The van der Waals surface area contributed by atoms with Crippen molar-refractivity contribution in [2.45, 2.75) is 27.2 Å². The van der Waals surface area contributed by atoms with Crippen LogP contribution in [-0.2, 0) is 4.79 Å². The van der Waals surface area contributed by atoms with Crippen molar-refractivity contribution in [1.29, 1.82) is 0 Å². The number of nitrogens with one attached hydrogen (secondary N) is 1. The minimum Gasteiger partial charge on any atom is -0.319 e. The summed E-state index contributed by atoms with van der Waals surface area (Å²) in [6.45, 7) is 6.98. The van der Waals surface area contributed by atoms with Gasteiger partial charge in [-0.15, -0.1) is 0 Å².